The first-order valence-electron chi connectivity index (χ1n) is 10.1. The second kappa shape index (κ2) is 8.52. The second-order valence-electron chi connectivity index (χ2n) is 7.69. The van der Waals surface area contributed by atoms with Crippen LogP contribution in [0.1, 0.15) is 35.4 Å². The van der Waals surface area contributed by atoms with Crippen molar-refractivity contribution in [3.8, 4) is 23.0 Å². The van der Waals surface area contributed by atoms with E-state index in [9.17, 15) is 5.11 Å². The third kappa shape index (κ3) is 3.82. The van der Waals surface area contributed by atoms with Gasteiger partial charge in [-0.05, 0) is 48.5 Å². The summed E-state index contributed by atoms with van der Waals surface area (Å²) in [6.07, 6.45) is -0.143. The third-order valence-electron chi connectivity index (χ3n) is 5.79. The molecule has 0 aliphatic carbocycles. The number of benzene rings is 3. The van der Waals surface area contributed by atoms with Crippen molar-refractivity contribution in [2.75, 3.05) is 14.2 Å². The summed E-state index contributed by atoms with van der Waals surface area (Å²) in [5.41, 5.74) is 3.05. The molecule has 3 aromatic carbocycles. The molecule has 170 valence electrons. The van der Waals surface area contributed by atoms with Crippen LogP contribution >= 0.6 is 34.8 Å². The highest BCUT2D eigenvalue weighted by Gasteiger charge is 2.42. The molecule has 33 heavy (non-hydrogen) atoms. The Balaban J connectivity index is 1.63. The molecule has 2 aliphatic heterocycles. The summed E-state index contributed by atoms with van der Waals surface area (Å²) in [5, 5.41) is 18.5. The summed E-state index contributed by atoms with van der Waals surface area (Å²) in [5.74, 6) is 1.80. The predicted octanol–water partition coefficient (Wildman–Crippen LogP) is 6.61. The van der Waals surface area contributed by atoms with Crippen molar-refractivity contribution < 1.29 is 19.3 Å². The topological polar surface area (TPSA) is 63.5 Å². The number of fused-ring (bicyclic) bond motifs is 3. The van der Waals surface area contributed by atoms with Gasteiger partial charge in [-0.2, -0.15) is 5.10 Å². The van der Waals surface area contributed by atoms with Gasteiger partial charge in [0.05, 0.1) is 36.6 Å². The first-order chi connectivity index (χ1) is 15.9. The minimum atomic E-state index is -0.738. The lowest BCUT2D eigenvalue weighted by Gasteiger charge is -2.38. The molecule has 0 spiro atoms. The van der Waals surface area contributed by atoms with Gasteiger partial charge in [-0.15, -0.1) is 0 Å². The van der Waals surface area contributed by atoms with Gasteiger partial charge in [0.25, 0.3) is 0 Å². The van der Waals surface area contributed by atoms with Crippen LogP contribution in [0, 0.1) is 0 Å². The third-order valence-corrected chi connectivity index (χ3v) is 6.53. The highest BCUT2D eigenvalue weighted by atomic mass is 35.5. The second-order valence-corrected chi connectivity index (χ2v) is 8.97. The summed E-state index contributed by atoms with van der Waals surface area (Å²) in [4.78, 5) is 0. The molecule has 0 amide bonds. The quantitative estimate of drug-likeness (QED) is 0.432. The Morgan fingerprint density at radius 3 is 2.45 bits per heavy atom. The van der Waals surface area contributed by atoms with Gasteiger partial charge in [0, 0.05) is 27.6 Å². The van der Waals surface area contributed by atoms with E-state index >= 15 is 0 Å². The van der Waals surface area contributed by atoms with E-state index in [4.69, 9.17) is 54.1 Å². The molecule has 0 bridgehead atoms. The van der Waals surface area contributed by atoms with Gasteiger partial charge in [-0.3, -0.25) is 0 Å². The number of aromatic hydroxyl groups is 1. The lowest BCUT2D eigenvalue weighted by molar-refractivity contribution is -0.0203. The van der Waals surface area contributed by atoms with E-state index < -0.39 is 6.23 Å². The van der Waals surface area contributed by atoms with Crippen LogP contribution in [0.4, 0.5) is 0 Å². The predicted molar refractivity (Wildman–Crippen MR) is 128 cm³/mol. The Labute approximate surface area is 205 Å². The molecule has 2 aliphatic rings. The Kier molecular flexibility index (Phi) is 5.69. The molecule has 3 aromatic rings. The molecule has 6 nitrogen and oxygen atoms in total. The van der Waals surface area contributed by atoms with E-state index in [0.29, 0.717) is 39.3 Å². The number of halogens is 3. The number of hydrogen-bond acceptors (Lipinski definition) is 6. The largest absolute Gasteiger partial charge is 0.506 e. The standard InChI is InChI=1S/C24H19Cl3N2O4/c1-31-21-5-3-12(7-22(21)32-2)18-11-19-15-8-13(25)4-6-20(15)33-24(29(19)28-18)16-9-14(26)10-17(27)23(16)30/h3-10,19,24,30H,11H2,1-2H3/t19-,24+/m0/s1. The maximum atomic E-state index is 10.7. The highest BCUT2D eigenvalue weighted by molar-refractivity contribution is 6.35. The van der Waals surface area contributed by atoms with E-state index in [0.717, 1.165) is 16.8 Å². The number of methoxy groups -OCH3 is 2. The Bertz CT molecular complexity index is 1280. The number of hydrazone groups is 1. The fourth-order valence-electron chi connectivity index (χ4n) is 4.23. The number of ether oxygens (including phenoxy) is 3. The molecule has 0 saturated carbocycles. The first-order valence-corrected chi connectivity index (χ1v) is 11.2. The number of phenols is 1. The van der Waals surface area contributed by atoms with Gasteiger partial charge in [-0.1, -0.05) is 34.8 Å². The summed E-state index contributed by atoms with van der Waals surface area (Å²) < 4.78 is 17.1. The molecule has 2 heterocycles. The van der Waals surface area contributed by atoms with Crippen LogP contribution in [-0.2, 0) is 0 Å². The molecule has 2 atom stereocenters. The average Bonchev–Trinajstić information content (AvgIpc) is 3.26. The van der Waals surface area contributed by atoms with Gasteiger partial charge in [0.1, 0.15) is 11.5 Å². The van der Waals surface area contributed by atoms with E-state index in [1.54, 1.807) is 26.4 Å². The van der Waals surface area contributed by atoms with Crippen molar-refractivity contribution in [3.63, 3.8) is 0 Å². The minimum absolute atomic E-state index is 0.100. The zero-order chi connectivity index (χ0) is 23.3. The molecule has 0 fully saturated rings. The van der Waals surface area contributed by atoms with Crippen LogP contribution in [0.5, 0.6) is 23.0 Å². The molecule has 5 rings (SSSR count). The van der Waals surface area contributed by atoms with Gasteiger partial charge in [0.15, 0.2) is 11.5 Å². The van der Waals surface area contributed by atoms with E-state index in [2.05, 4.69) is 0 Å². The Morgan fingerprint density at radius 1 is 0.939 bits per heavy atom. The van der Waals surface area contributed by atoms with Crippen molar-refractivity contribution in [1.29, 1.82) is 0 Å². The molecule has 9 heteroatoms. The van der Waals surface area contributed by atoms with E-state index in [1.165, 1.54) is 6.07 Å². The molecule has 0 aromatic heterocycles. The highest BCUT2D eigenvalue weighted by Crippen LogP contribution is 2.50. The summed E-state index contributed by atoms with van der Waals surface area (Å²) in [6, 6.07) is 14.1. The molecule has 0 saturated heterocycles. The number of rotatable bonds is 4. The Hall–Kier alpha value is -2.80. The number of nitrogens with zero attached hydrogens (tertiary/aromatic N) is 2. The van der Waals surface area contributed by atoms with E-state index in [1.807, 2.05) is 35.3 Å². The van der Waals surface area contributed by atoms with Crippen molar-refractivity contribution in [2.45, 2.75) is 18.7 Å². The monoisotopic (exact) mass is 504 g/mol. The van der Waals surface area contributed by atoms with Crippen molar-refractivity contribution in [3.05, 3.63) is 80.3 Å². The Morgan fingerprint density at radius 2 is 1.70 bits per heavy atom. The van der Waals surface area contributed by atoms with Crippen LogP contribution < -0.4 is 14.2 Å². The molecule has 0 radical (unpaired) electrons. The van der Waals surface area contributed by atoms with Crippen molar-refractivity contribution in [1.82, 2.24) is 5.01 Å². The van der Waals surface area contributed by atoms with Crippen LogP contribution in [0.25, 0.3) is 0 Å². The van der Waals surface area contributed by atoms with Gasteiger partial charge >= 0.3 is 0 Å². The van der Waals surface area contributed by atoms with Crippen LogP contribution in [0.3, 0.4) is 0 Å². The maximum Gasteiger partial charge on any atom is 0.217 e. The molecular formula is C24H19Cl3N2O4. The fourth-order valence-corrected chi connectivity index (χ4v) is 4.92. The van der Waals surface area contributed by atoms with Crippen molar-refractivity contribution in [2.24, 2.45) is 5.10 Å². The van der Waals surface area contributed by atoms with Crippen LogP contribution in [-0.4, -0.2) is 30.0 Å². The smallest absolute Gasteiger partial charge is 0.217 e. The fraction of sp³-hybridized carbons (Fsp3) is 0.208. The van der Waals surface area contributed by atoms with Crippen LogP contribution in [0.2, 0.25) is 15.1 Å². The number of hydrogen-bond donors (Lipinski definition) is 1. The van der Waals surface area contributed by atoms with Crippen molar-refractivity contribution >= 4 is 40.5 Å². The minimum Gasteiger partial charge on any atom is -0.506 e. The van der Waals surface area contributed by atoms with Gasteiger partial charge in [-0.25, -0.2) is 5.01 Å². The summed E-state index contributed by atoms with van der Waals surface area (Å²) in [7, 11) is 3.19. The molecule has 0 unspecified atom stereocenters. The van der Waals surface area contributed by atoms with Gasteiger partial charge < -0.3 is 19.3 Å². The SMILES string of the molecule is COc1ccc(C2=NN3[C@@H](c4cc(Cl)cc(Cl)c4O)Oc4ccc(Cl)cc4[C@@H]3C2)cc1OC. The molecular weight excluding hydrogens is 487 g/mol. The summed E-state index contributed by atoms with van der Waals surface area (Å²) in [6.45, 7) is 0. The average molecular weight is 506 g/mol. The lowest BCUT2D eigenvalue weighted by Crippen LogP contribution is -2.33. The van der Waals surface area contributed by atoms with Gasteiger partial charge in [0.2, 0.25) is 6.23 Å². The summed E-state index contributed by atoms with van der Waals surface area (Å²) >= 11 is 18.7. The normalized spacial score (nSPS) is 18.8. The number of phenolic OH excluding ortho intramolecular Hbond substituents is 1. The van der Waals surface area contributed by atoms with Crippen LogP contribution in [0.15, 0.2) is 53.6 Å². The first kappa shape index (κ1) is 22.0. The lowest BCUT2D eigenvalue weighted by atomic mass is 9.95. The van der Waals surface area contributed by atoms with E-state index in [-0.39, 0.29) is 16.8 Å². The zero-order valence-corrected chi connectivity index (χ0v) is 19.9. The zero-order valence-electron chi connectivity index (χ0n) is 17.7. The molecule has 1 N–H and O–H groups in total. The maximum absolute atomic E-state index is 10.7.